The molecule has 0 atom stereocenters. The number of nitrogens with one attached hydrogen (secondary N) is 2. The molecule has 0 bridgehead atoms. The molecular weight excluding hydrogens is 380 g/mol. The summed E-state index contributed by atoms with van der Waals surface area (Å²) in [5.74, 6) is 0.662. The fraction of sp³-hybridized carbons (Fsp3) is 0.312. The van der Waals surface area contributed by atoms with Crippen LogP contribution in [0.5, 0.6) is 0 Å². The van der Waals surface area contributed by atoms with Gasteiger partial charge in [-0.25, -0.2) is 13.1 Å². The Morgan fingerprint density at radius 3 is 2.64 bits per heavy atom. The zero-order valence-corrected chi connectivity index (χ0v) is 16.5. The molecule has 0 spiro atoms. The number of aliphatic imine (C=N–C) groups is 1. The van der Waals surface area contributed by atoms with Crippen molar-refractivity contribution in [3.8, 4) is 0 Å². The van der Waals surface area contributed by atoms with E-state index in [0.717, 1.165) is 5.56 Å². The molecule has 1 heterocycles. The predicted molar refractivity (Wildman–Crippen MR) is 104 cm³/mol. The second kappa shape index (κ2) is 9.19. The van der Waals surface area contributed by atoms with Crippen LogP contribution in [0.3, 0.4) is 0 Å². The molecule has 136 valence electrons. The third-order valence-electron chi connectivity index (χ3n) is 3.40. The van der Waals surface area contributed by atoms with Crippen molar-refractivity contribution in [2.75, 3.05) is 27.2 Å². The molecule has 0 saturated heterocycles. The van der Waals surface area contributed by atoms with Gasteiger partial charge in [0.15, 0.2) is 5.96 Å². The molecule has 2 rings (SSSR count). The Hall–Kier alpha value is -1.61. The average Bonchev–Trinajstić information content (AvgIpc) is 3.12. The van der Waals surface area contributed by atoms with E-state index in [0.29, 0.717) is 28.3 Å². The first-order valence-corrected chi connectivity index (χ1v) is 10.4. The highest BCUT2D eigenvalue weighted by Crippen LogP contribution is 2.16. The number of thiophene rings is 1. The van der Waals surface area contributed by atoms with E-state index in [2.05, 4.69) is 15.0 Å². The van der Waals surface area contributed by atoms with Crippen LogP contribution in [-0.4, -0.2) is 46.5 Å². The summed E-state index contributed by atoms with van der Waals surface area (Å²) in [5, 5.41) is 5.57. The van der Waals surface area contributed by atoms with Crippen LogP contribution in [0.1, 0.15) is 5.56 Å². The van der Waals surface area contributed by atoms with Gasteiger partial charge in [0.25, 0.3) is 0 Å². The first kappa shape index (κ1) is 19.7. The van der Waals surface area contributed by atoms with Gasteiger partial charge >= 0.3 is 0 Å². The van der Waals surface area contributed by atoms with Crippen molar-refractivity contribution in [2.45, 2.75) is 10.8 Å². The lowest BCUT2D eigenvalue weighted by Gasteiger charge is -2.22. The molecular formula is C16H21ClN4O2S2. The quantitative estimate of drug-likeness (QED) is 0.425. The number of hydrogen-bond donors (Lipinski definition) is 2. The highest BCUT2D eigenvalue weighted by atomic mass is 35.5. The first-order chi connectivity index (χ1) is 11.9. The van der Waals surface area contributed by atoms with E-state index in [9.17, 15) is 8.42 Å². The second-order valence-electron chi connectivity index (χ2n) is 5.25. The average molecular weight is 401 g/mol. The standard InChI is InChI=1S/C16H21ClN4O2S2/c1-18-16(21(2)12-13-6-3-4-7-14(13)17)19-9-10-20-25(22,23)15-8-5-11-24-15/h3-8,11,20H,9-10,12H2,1-2H3,(H,18,19). The summed E-state index contributed by atoms with van der Waals surface area (Å²) in [6.07, 6.45) is 0. The molecule has 25 heavy (non-hydrogen) atoms. The van der Waals surface area contributed by atoms with Gasteiger partial charge in [0, 0.05) is 38.8 Å². The van der Waals surface area contributed by atoms with Crippen LogP contribution in [0.15, 0.2) is 51.0 Å². The SMILES string of the molecule is CN=C(NCCNS(=O)(=O)c1cccs1)N(C)Cc1ccccc1Cl. The summed E-state index contributed by atoms with van der Waals surface area (Å²) in [6.45, 7) is 1.28. The normalized spacial score (nSPS) is 12.2. The third kappa shape index (κ3) is 5.71. The van der Waals surface area contributed by atoms with Crippen LogP contribution in [0.2, 0.25) is 5.02 Å². The third-order valence-corrected chi connectivity index (χ3v) is 6.63. The Labute approximate surface area is 157 Å². The summed E-state index contributed by atoms with van der Waals surface area (Å²) in [6, 6.07) is 10.9. The van der Waals surface area contributed by atoms with Crippen molar-refractivity contribution in [1.29, 1.82) is 0 Å². The molecule has 0 radical (unpaired) electrons. The van der Waals surface area contributed by atoms with Crippen LogP contribution in [0.25, 0.3) is 0 Å². The van der Waals surface area contributed by atoms with Crippen molar-refractivity contribution < 1.29 is 8.42 Å². The van der Waals surface area contributed by atoms with Gasteiger partial charge in [-0.15, -0.1) is 11.3 Å². The summed E-state index contributed by atoms with van der Waals surface area (Å²) in [5.41, 5.74) is 0.994. The van der Waals surface area contributed by atoms with E-state index in [4.69, 9.17) is 11.6 Å². The van der Waals surface area contributed by atoms with E-state index >= 15 is 0 Å². The van der Waals surface area contributed by atoms with Gasteiger partial charge in [-0.2, -0.15) is 0 Å². The molecule has 0 aliphatic heterocycles. The van der Waals surface area contributed by atoms with Gasteiger partial charge < -0.3 is 10.2 Å². The zero-order chi connectivity index (χ0) is 18.3. The summed E-state index contributed by atoms with van der Waals surface area (Å²) >= 11 is 7.37. The smallest absolute Gasteiger partial charge is 0.250 e. The molecule has 1 aromatic heterocycles. The minimum Gasteiger partial charge on any atom is -0.355 e. The van der Waals surface area contributed by atoms with Crippen molar-refractivity contribution in [3.05, 3.63) is 52.4 Å². The minimum atomic E-state index is -3.44. The molecule has 0 fully saturated rings. The van der Waals surface area contributed by atoms with Gasteiger partial charge in [-0.3, -0.25) is 4.99 Å². The number of halogens is 1. The van der Waals surface area contributed by atoms with Gasteiger partial charge in [0.2, 0.25) is 10.0 Å². The van der Waals surface area contributed by atoms with Crippen molar-refractivity contribution in [1.82, 2.24) is 14.9 Å². The van der Waals surface area contributed by atoms with Gasteiger partial charge in [-0.05, 0) is 23.1 Å². The van der Waals surface area contributed by atoms with E-state index in [-0.39, 0.29) is 6.54 Å². The number of nitrogens with zero attached hydrogens (tertiary/aromatic N) is 2. The summed E-state index contributed by atoms with van der Waals surface area (Å²) in [4.78, 5) is 6.14. The van der Waals surface area contributed by atoms with Crippen LogP contribution < -0.4 is 10.0 Å². The number of benzene rings is 1. The molecule has 2 N–H and O–H groups in total. The minimum absolute atomic E-state index is 0.263. The monoisotopic (exact) mass is 400 g/mol. The molecule has 0 aliphatic rings. The van der Waals surface area contributed by atoms with Gasteiger partial charge in [0.05, 0.1) is 0 Å². The van der Waals surface area contributed by atoms with Crippen LogP contribution in [0, 0.1) is 0 Å². The van der Waals surface area contributed by atoms with Crippen LogP contribution in [0.4, 0.5) is 0 Å². The van der Waals surface area contributed by atoms with E-state index < -0.39 is 10.0 Å². The van der Waals surface area contributed by atoms with Crippen molar-refractivity contribution in [2.24, 2.45) is 4.99 Å². The number of hydrogen-bond acceptors (Lipinski definition) is 4. The van der Waals surface area contributed by atoms with Gasteiger partial charge in [-0.1, -0.05) is 35.9 Å². The highest BCUT2D eigenvalue weighted by Gasteiger charge is 2.14. The molecule has 6 nitrogen and oxygen atoms in total. The van der Waals surface area contributed by atoms with Crippen molar-refractivity contribution >= 4 is 38.9 Å². The highest BCUT2D eigenvalue weighted by molar-refractivity contribution is 7.91. The van der Waals surface area contributed by atoms with E-state index in [1.807, 2.05) is 36.2 Å². The summed E-state index contributed by atoms with van der Waals surface area (Å²) < 4.78 is 26.9. The van der Waals surface area contributed by atoms with E-state index in [1.54, 1.807) is 24.6 Å². The number of guanidine groups is 1. The van der Waals surface area contributed by atoms with Crippen LogP contribution >= 0.6 is 22.9 Å². The molecule has 0 saturated carbocycles. The molecule has 0 amide bonds. The topological polar surface area (TPSA) is 73.8 Å². The number of sulfonamides is 1. The maximum Gasteiger partial charge on any atom is 0.250 e. The van der Waals surface area contributed by atoms with Crippen LogP contribution in [-0.2, 0) is 16.6 Å². The Morgan fingerprint density at radius 2 is 2.00 bits per heavy atom. The second-order valence-corrected chi connectivity index (χ2v) is 8.60. The fourth-order valence-electron chi connectivity index (χ4n) is 2.19. The van der Waals surface area contributed by atoms with Crippen molar-refractivity contribution in [3.63, 3.8) is 0 Å². The molecule has 1 aromatic carbocycles. The Morgan fingerprint density at radius 1 is 1.24 bits per heavy atom. The first-order valence-electron chi connectivity index (χ1n) is 7.62. The largest absolute Gasteiger partial charge is 0.355 e. The number of rotatable bonds is 7. The fourth-order valence-corrected chi connectivity index (χ4v) is 4.45. The lowest BCUT2D eigenvalue weighted by Crippen LogP contribution is -2.42. The predicted octanol–water partition coefficient (Wildman–Crippen LogP) is 2.39. The molecule has 0 aliphatic carbocycles. The lowest BCUT2D eigenvalue weighted by molar-refractivity contribution is 0.477. The Kier molecular flexibility index (Phi) is 7.24. The lowest BCUT2D eigenvalue weighted by atomic mass is 10.2. The molecule has 2 aromatic rings. The zero-order valence-electron chi connectivity index (χ0n) is 14.1. The molecule has 9 heteroatoms. The summed E-state index contributed by atoms with van der Waals surface area (Å²) in [7, 11) is 0.141. The maximum absolute atomic E-state index is 12.0. The Bertz CT molecular complexity index is 807. The Balaban J connectivity index is 1.83. The maximum atomic E-state index is 12.0. The van der Waals surface area contributed by atoms with E-state index in [1.165, 1.54) is 11.3 Å². The molecule has 0 unspecified atom stereocenters. The van der Waals surface area contributed by atoms with Gasteiger partial charge in [0.1, 0.15) is 4.21 Å².